The molecule has 5 rings (SSSR count). The van der Waals surface area contributed by atoms with E-state index >= 15 is 0 Å². The molecular formula is C30H28ClF6N5O6. The zero-order chi connectivity index (χ0) is 35.6. The average Bonchev–Trinajstić information content (AvgIpc) is 3.17. The van der Waals surface area contributed by atoms with Gasteiger partial charge in [0.1, 0.15) is 11.7 Å². The molecule has 258 valence electrons. The average molecular weight is 704 g/mol. The van der Waals surface area contributed by atoms with Crippen molar-refractivity contribution in [1.82, 2.24) is 14.9 Å². The number of anilines is 2. The fraction of sp³-hybridized carbons (Fsp3) is 0.333. The van der Waals surface area contributed by atoms with Crippen LogP contribution in [0, 0.1) is 5.92 Å². The van der Waals surface area contributed by atoms with Gasteiger partial charge in [-0.3, -0.25) is 14.6 Å². The molecule has 18 heteroatoms. The number of piperidine rings is 1. The second-order valence-corrected chi connectivity index (χ2v) is 10.8. The smallest absolute Gasteiger partial charge is 0.475 e. The van der Waals surface area contributed by atoms with Crippen molar-refractivity contribution in [3.05, 3.63) is 83.4 Å². The van der Waals surface area contributed by atoms with Crippen LogP contribution in [0.1, 0.15) is 28.8 Å². The topological polar surface area (TPSA) is 144 Å². The van der Waals surface area contributed by atoms with Gasteiger partial charge in [-0.15, -0.1) is 0 Å². The molecule has 0 saturated carbocycles. The summed E-state index contributed by atoms with van der Waals surface area (Å²) in [5.74, 6) is -5.39. The summed E-state index contributed by atoms with van der Waals surface area (Å²) in [4.78, 5) is 58.3. The van der Waals surface area contributed by atoms with Crippen LogP contribution < -0.4 is 9.80 Å². The number of nitrogens with zero attached hydrogens (tertiary/aromatic N) is 5. The number of pyridine rings is 2. The van der Waals surface area contributed by atoms with Gasteiger partial charge in [-0.1, -0.05) is 29.8 Å². The van der Waals surface area contributed by atoms with Gasteiger partial charge >= 0.3 is 24.3 Å². The van der Waals surface area contributed by atoms with E-state index in [9.17, 15) is 35.9 Å². The van der Waals surface area contributed by atoms with Gasteiger partial charge in [0.25, 0.3) is 5.91 Å². The van der Waals surface area contributed by atoms with Crippen LogP contribution >= 0.6 is 11.6 Å². The maximum atomic E-state index is 13.4. The first kappa shape index (κ1) is 37.5. The number of carbonyl (C=O) groups excluding carboxylic acids is 2. The molecule has 1 saturated heterocycles. The lowest BCUT2D eigenvalue weighted by atomic mass is 9.95. The van der Waals surface area contributed by atoms with Gasteiger partial charge in [-0.05, 0) is 54.7 Å². The molecule has 2 amide bonds. The van der Waals surface area contributed by atoms with Crippen molar-refractivity contribution in [2.45, 2.75) is 31.7 Å². The van der Waals surface area contributed by atoms with Crippen LogP contribution in [0.15, 0.2) is 67.1 Å². The Bertz CT molecular complexity index is 1540. The maximum absolute atomic E-state index is 13.4. The summed E-state index contributed by atoms with van der Waals surface area (Å²) < 4.78 is 63.5. The molecule has 1 aromatic carbocycles. The van der Waals surface area contributed by atoms with Gasteiger partial charge in [0, 0.05) is 56.1 Å². The molecule has 0 radical (unpaired) electrons. The molecule has 0 bridgehead atoms. The predicted octanol–water partition coefficient (Wildman–Crippen LogP) is 5.30. The predicted molar refractivity (Wildman–Crippen MR) is 159 cm³/mol. The van der Waals surface area contributed by atoms with Crippen molar-refractivity contribution in [1.29, 1.82) is 0 Å². The second kappa shape index (κ2) is 16.3. The van der Waals surface area contributed by atoms with Crippen LogP contribution in [-0.4, -0.2) is 87.4 Å². The summed E-state index contributed by atoms with van der Waals surface area (Å²) >= 11 is 5.87. The number of aliphatic carboxylic acids is 2. The van der Waals surface area contributed by atoms with E-state index in [4.69, 9.17) is 31.4 Å². The van der Waals surface area contributed by atoms with Crippen molar-refractivity contribution in [3.63, 3.8) is 0 Å². The molecule has 2 N–H and O–H groups in total. The van der Waals surface area contributed by atoms with E-state index < -0.39 is 24.3 Å². The van der Waals surface area contributed by atoms with E-state index in [1.165, 1.54) is 11.9 Å². The van der Waals surface area contributed by atoms with Gasteiger partial charge in [-0.2, -0.15) is 26.3 Å². The molecule has 0 aliphatic carbocycles. The van der Waals surface area contributed by atoms with E-state index in [0.717, 1.165) is 37.2 Å². The van der Waals surface area contributed by atoms with E-state index in [0.29, 0.717) is 29.7 Å². The third-order valence-corrected chi connectivity index (χ3v) is 7.32. The molecule has 3 aromatic rings. The number of carboxylic acids is 2. The first-order chi connectivity index (χ1) is 22.5. The largest absolute Gasteiger partial charge is 0.490 e. The summed E-state index contributed by atoms with van der Waals surface area (Å²) in [6, 6.07) is 15.2. The minimum atomic E-state index is -5.08. The zero-order valence-corrected chi connectivity index (χ0v) is 25.5. The fourth-order valence-electron chi connectivity index (χ4n) is 4.77. The Hall–Kier alpha value is -4.93. The third kappa shape index (κ3) is 10.8. The Labute approximate surface area is 274 Å². The van der Waals surface area contributed by atoms with Crippen LogP contribution in [-0.2, 0) is 20.9 Å². The molecule has 2 aliphatic rings. The molecule has 11 nitrogen and oxygen atoms in total. The quantitative estimate of drug-likeness (QED) is 0.273. The van der Waals surface area contributed by atoms with E-state index in [2.05, 4.69) is 14.9 Å². The van der Waals surface area contributed by atoms with Crippen LogP contribution in [0.5, 0.6) is 0 Å². The first-order valence-corrected chi connectivity index (χ1v) is 14.4. The molecule has 1 fully saturated rings. The highest BCUT2D eigenvalue weighted by Crippen LogP contribution is 2.30. The summed E-state index contributed by atoms with van der Waals surface area (Å²) in [6.45, 7) is 2.97. The highest BCUT2D eigenvalue weighted by molar-refractivity contribution is 6.29. The number of rotatable bonds is 4. The Morgan fingerprint density at radius 1 is 0.854 bits per heavy atom. The number of hydrogen-bond acceptors (Lipinski definition) is 7. The number of carbonyl (C=O) groups is 4. The number of fused-ring (bicyclic) bond motifs is 1. The number of benzene rings is 1. The number of para-hydroxylation sites is 1. The summed E-state index contributed by atoms with van der Waals surface area (Å²) in [6.07, 6.45) is -3.05. The number of alkyl halides is 6. The number of amides is 2. The van der Waals surface area contributed by atoms with Crippen molar-refractivity contribution in [3.8, 4) is 0 Å². The van der Waals surface area contributed by atoms with Gasteiger partial charge < -0.3 is 24.9 Å². The first-order valence-electron chi connectivity index (χ1n) is 14.0. The van der Waals surface area contributed by atoms with Crippen molar-refractivity contribution in [2.24, 2.45) is 5.92 Å². The Balaban J connectivity index is 0.000000376. The van der Waals surface area contributed by atoms with Crippen LogP contribution in [0.3, 0.4) is 0 Å². The number of hydrogen-bond donors (Lipinski definition) is 2. The SMILES string of the molecule is O=C(O)C(F)(F)F.O=C(O)C(F)(F)F.O=C(c1ccc(Cl)nc1)N1CC(=O)N(CC2CCN(c3ccncc3)CC2)c2ccccc2C1. The number of aromatic nitrogens is 2. The van der Waals surface area contributed by atoms with E-state index in [-0.39, 0.29) is 18.4 Å². The lowest BCUT2D eigenvalue weighted by Crippen LogP contribution is -2.44. The Kier molecular flexibility index (Phi) is 12.7. The molecule has 0 atom stereocenters. The van der Waals surface area contributed by atoms with Crippen molar-refractivity contribution < 1.29 is 55.7 Å². The standard InChI is InChI=1S/C26H26ClN5O2.2C2HF3O2/c27-24-6-5-20(15-29-24)26(34)31-17-21-3-1-2-4-23(21)32(25(33)18-31)16-19-9-13-30(14-10-19)22-7-11-28-12-8-22;2*3-2(4,5)1(6)7/h1-8,11-12,15,19H,9-10,13-14,16-18H2;2*(H,6,7). The monoisotopic (exact) mass is 703 g/mol. The lowest BCUT2D eigenvalue weighted by Gasteiger charge is -2.36. The van der Waals surface area contributed by atoms with Crippen molar-refractivity contribution in [2.75, 3.05) is 36.0 Å². The minimum absolute atomic E-state index is 0.0337. The van der Waals surface area contributed by atoms with Crippen LogP contribution in [0.2, 0.25) is 5.15 Å². The van der Waals surface area contributed by atoms with Crippen molar-refractivity contribution >= 4 is 46.7 Å². The molecule has 4 heterocycles. The molecule has 2 aromatic heterocycles. The zero-order valence-electron chi connectivity index (χ0n) is 24.8. The molecule has 0 spiro atoms. The normalized spacial score (nSPS) is 15.2. The minimum Gasteiger partial charge on any atom is -0.475 e. The highest BCUT2D eigenvalue weighted by atomic mass is 35.5. The molecule has 48 heavy (non-hydrogen) atoms. The Morgan fingerprint density at radius 2 is 1.42 bits per heavy atom. The highest BCUT2D eigenvalue weighted by Gasteiger charge is 2.39. The lowest BCUT2D eigenvalue weighted by molar-refractivity contribution is -0.193. The summed E-state index contributed by atoms with van der Waals surface area (Å²) in [5, 5.41) is 14.6. The number of carboxylic acid groups (broad SMARTS) is 2. The molecule has 2 aliphatic heterocycles. The van der Waals surface area contributed by atoms with Gasteiger partial charge in [-0.25, -0.2) is 14.6 Å². The summed E-state index contributed by atoms with van der Waals surface area (Å²) in [7, 11) is 0. The van der Waals surface area contributed by atoms with Gasteiger partial charge in [0.05, 0.1) is 5.56 Å². The van der Waals surface area contributed by atoms with Crippen LogP contribution in [0.4, 0.5) is 37.7 Å². The summed E-state index contributed by atoms with van der Waals surface area (Å²) in [5.41, 5.74) is 3.48. The van der Waals surface area contributed by atoms with E-state index in [1.807, 2.05) is 53.7 Å². The number of halogens is 7. The van der Waals surface area contributed by atoms with E-state index in [1.54, 1.807) is 17.0 Å². The van der Waals surface area contributed by atoms with Crippen LogP contribution in [0.25, 0.3) is 0 Å². The molecular weight excluding hydrogens is 676 g/mol. The fourth-order valence-corrected chi connectivity index (χ4v) is 4.88. The van der Waals surface area contributed by atoms with Gasteiger partial charge in [0.2, 0.25) is 5.91 Å². The Morgan fingerprint density at radius 3 is 1.94 bits per heavy atom. The van der Waals surface area contributed by atoms with Gasteiger partial charge in [0.15, 0.2) is 0 Å². The maximum Gasteiger partial charge on any atom is 0.490 e. The second-order valence-electron chi connectivity index (χ2n) is 10.4. The molecule has 0 unspecified atom stereocenters. The third-order valence-electron chi connectivity index (χ3n) is 7.10.